The van der Waals surface area contributed by atoms with Gasteiger partial charge in [-0.2, -0.15) is 0 Å². The van der Waals surface area contributed by atoms with Crippen molar-refractivity contribution in [2.24, 2.45) is 0 Å². The molecule has 2 rings (SSSR count). The highest BCUT2D eigenvalue weighted by molar-refractivity contribution is 6.31. The van der Waals surface area contributed by atoms with Crippen molar-refractivity contribution in [3.8, 4) is 11.3 Å². The van der Waals surface area contributed by atoms with Gasteiger partial charge in [-0.05, 0) is 18.2 Å². The minimum Gasteiger partial charge on any atom is -0.341 e. The van der Waals surface area contributed by atoms with Gasteiger partial charge in [0.05, 0.1) is 23.5 Å². The third-order valence-electron chi connectivity index (χ3n) is 2.54. The summed E-state index contributed by atoms with van der Waals surface area (Å²) in [6, 6.07) is 5.02. The van der Waals surface area contributed by atoms with Gasteiger partial charge < -0.3 is 10.3 Å². The molecule has 0 radical (unpaired) electrons. The number of nitrogens with one attached hydrogen (secondary N) is 2. The molecule has 0 amide bonds. The fourth-order valence-electron chi connectivity index (χ4n) is 1.56. The molecule has 0 saturated carbocycles. The van der Waals surface area contributed by atoms with E-state index in [9.17, 15) is 4.39 Å². The molecule has 3 nitrogen and oxygen atoms in total. The molecular formula is C13H15ClFN3. The van der Waals surface area contributed by atoms with Crippen molar-refractivity contribution in [3.05, 3.63) is 41.1 Å². The van der Waals surface area contributed by atoms with Gasteiger partial charge in [-0.3, -0.25) is 0 Å². The van der Waals surface area contributed by atoms with Crippen LogP contribution >= 0.6 is 11.6 Å². The van der Waals surface area contributed by atoms with Gasteiger partial charge in [0, 0.05) is 11.6 Å². The van der Waals surface area contributed by atoms with Crippen molar-refractivity contribution in [1.29, 1.82) is 0 Å². The van der Waals surface area contributed by atoms with Crippen molar-refractivity contribution in [3.63, 3.8) is 0 Å². The first-order chi connectivity index (χ1) is 8.56. The van der Waals surface area contributed by atoms with Crippen LogP contribution in [0, 0.1) is 5.82 Å². The van der Waals surface area contributed by atoms with Crippen molar-refractivity contribution >= 4 is 11.6 Å². The van der Waals surface area contributed by atoms with Gasteiger partial charge in [0.1, 0.15) is 11.6 Å². The van der Waals surface area contributed by atoms with E-state index >= 15 is 0 Å². The Morgan fingerprint density at radius 1 is 1.44 bits per heavy atom. The van der Waals surface area contributed by atoms with Crippen LogP contribution in [-0.4, -0.2) is 16.0 Å². The van der Waals surface area contributed by atoms with E-state index in [1.807, 2.05) is 0 Å². The zero-order valence-corrected chi connectivity index (χ0v) is 11.1. The first-order valence-corrected chi connectivity index (χ1v) is 6.16. The van der Waals surface area contributed by atoms with Gasteiger partial charge in [-0.25, -0.2) is 9.37 Å². The molecule has 1 aromatic carbocycles. The minimum absolute atomic E-state index is 0.115. The quantitative estimate of drug-likeness (QED) is 0.892. The summed E-state index contributed by atoms with van der Waals surface area (Å²) in [6.45, 7) is 4.82. The lowest BCUT2D eigenvalue weighted by Crippen LogP contribution is -2.22. The van der Waals surface area contributed by atoms with Crippen LogP contribution in [0.3, 0.4) is 0 Å². The number of nitrogens with zero attached hydrogens (tertiary/aromatic N) is 1. The largest absolute Gasteiger partial charge is 0.341 e. The predicted molar refractivity (Wildman–Crippen MR) is 71.0 cm³/mol. The molecule has 5 heteroatoms. The summed E-state index contributed by atoms with van der Waals surface area (Å²) in [5.74, 6) is 0.431. The van der Waals surface area contributed by atoms with Crippen LogP contribution in [0.5, 0.6) is 0 Å². The van der Waals surface area contributed by atoms with E-state index in [-0.39, 0.29) is 5.02 Å². The summed E-state index contributed by atoms with van der Waals surface area (Å²) < 4.78 is 13.1. The van der Waals surface area contributed by atoms with Crippen LogP contribution in [-0.2, 0) is 6.54 Å². The summed E-state index contributed by atoms with van der Waals surface area (Å²) in [6.07, 6.45) is 1.72. The van der Waals surface area contributed by atoms with Gasteiger partial charge in [-0.15, -0.1) is 0 Å². The van der Waals surface area contributed by atoms with Crippen molar-refractivity contribution in [1.82, 2.24) is 15.3 Å². The van der Waals surface area contributed by atoms with Gasteiger partial charge in [-0.1, -0.05) is 25.4 Å². The zero-order valence-electron chi connectivity index (χ0n) is 10.3. The Kier molecular flexibility index (Phi) is 3.99. The lowest BCUT2D eigenvalue weighted by Gasteiger charge is -2.05. The van der Waals surface area contributed by atoms with Gasteiger partial charge in [0.25, 0.3) is 0 Å². The average molecular weight is 268 g/mol. The van der Waals surface area contributed by atoms with E-state index in [1.54, 1.807) is 18.3 Å². The van der Waals surface area contributed by atoms with E-state index in [0.29, 0.717) is 12.6 Å². The Bertz CT molecular complexity index is 537. The molecule has 2 N–H and O–H groups in total. The van der Waals surface area contributed by atoms with E-state index < -0.39 is 5.82 Å². The molecule has 0 aliphatic heterocycles. The molecule has 0 atom stereocenters. The smallest absolute Gasteiger partial charge is 0.141 e. The third-order valence-corrected chi connectivity index (χ3v) is 2.83. The Balaban J connectivity index is 2.16. The average Bonchev–Trinajstić information content (AvgIpc) is 2.79. The van der Waals surface area contributed by atoms with Crippen molar-refractivity contribution < 1.29 is 4.39 Å². The molecule has 1 heterocycles. The first kappa shape index (κ1) is 13.1. The normalized spacial score (nSPS) is 11.2. The second kappa shape index (κ2) is 5.50. The monoisotopic (exact) mass is 267 g/mol. The summed E-state index contributed by atoms with van der Waals surface area (Å²) in [7, 11) is 0. The maximum atomic E-state index is 13.1. The molecule has 18 heavy (non-hydrogen) atoms. The van der Waals surface area contributed by atoms with Crippen LogP contribution in [0.15, 0.2) is 24.4 Å². The molecule has 0 spiro atoms. The van der Waals surface area contributed by atoms with Gasteiger partial charge in [0.2, 0.25) is 0 Å². The fraction of sp³-hybridized carbons (Fsp3) is 0.308. The first-order valence-electron chi connectivity index (χ1n) is 5.79. The van der Waals surface area contributed by atoms with Crippen molar-refractivity contribution in [2.45, 2.75) is 26.4 Å². The number of aromatic nitrogens is 2. The van der Waals surface area contributed by atoms with Crippen molar-refractivity contribution in [2.75, 3.05) is 0 Å². The van der Waals surface area contributed by atoms with Crippen LogP contribution in [0.2, 0.25) is 5.02 Å². The number of hydrogen-bond donors (Lipinski definition) is 2. The third kappa shape index (κ3) is 3.09. The van der Waals surface area contributed by atoms with E-state index in [1.165, 1.54) is 6.07 Å². The maximum absolute atomic E-state index is 13.1. The number of imidazole rings is 1. The summed E-state index contributed by atoms with van der Waals surface area (Å²) in [5, 5.41) is 3.38. The second-order valence-electron chi connectivity index (χ2n) is 4.41. The van der Waals surface area contributed by atoms with Crippen LogP contribution in [0.4, 0.5) is 4.39 Å². The van der Waals surface area contributed by atoms with E-state index in [0.717, 1.165) is 17.1 Å². The van der Waals surface area contributed by atoms with Crippen LogP contribution < -0.4 is 5.32 Å². The predicted octanol–water partition coefficient (Wildman–Crippen LogP) is 3.37. The summed E-state index contributed by atoms with van der Waals surface area (Å²) in [4.78, 5) is 7.44. The summed E-state index contributed by atoms with van der Waals surface area (Å²) >= 11 is 5.75. The lowest BCUT2D eigenvalue weighted by atomic mass is 10.2. The number of rotatable bonds is 4. The number of aromatic amines is 1. The Morgan fingerprint density at radius 3 is 2.89 bits per heavy atom. The second-order valence-corrected chi connectivity index (χ2v) is 4.82. The Hall–Kier alpha value is -1.39. The van der Waals surface area contributed by atoms with Crippen LogP contribution in [0.25, 0.3) is 11.3 Å². The number of halogens is 2. The molecule has 0 saturated heterocycles. The maximum Gasteiger partial charge on any atom is 0.141 e. The topological polar surface area (TPSA) is 40.7 Å². The number of hydrogen-bond acceptors (Lipinski definition) is 2. The van der Waals surface area contributed by atoms with Gasteiger partial charge >= 0.3 is 0 Å². The summed E-state index contributed by atoms with van der Waals surface area (Å²) in [5.41, 5.74) is 1.65. The standard InChI is InChI=1S/C13H15ClFN3/c1-8(2)16-7-13-17-6-12(18-13)9-3-4-11(15)10(14)5-9/h3-6,8,16H,7H2,1-2H3,(H,17,18). The molecule has 0 bridgehead atoms. The minimum atomic E-state index is -0.415. The molecule has 0 aliphatic rings. The molecular weight excluding hydrogens is 253 g/mol. The molecule has 96 valence electrons. The number of benzene rings is 1. The Labute approximate surface area is 110 Å². The molecule has 2 aromatic rings. The fourth-order valence-corrected chi connectivity index (χ4v) is 1.74. The SMILES string of the molecule is CC(C)NCc1ncc(-c2ccc(F)c(Cl)c2)[nH]1. The number of H-pyrrole nitrogens is 1. The van der Waals surface area contributed by atoms with Crippen LogP contribution in [0.1, 0.15) is 19.7 Å². The highest BCUT2D eigenvalue weighted by Crippen LogP contribution is 2.23. The highest BCUT2D eigenvalue weighted by atomic mass is 35.5. The lowest BCUT2D eigenvalue weighted by molar-refractivity contribution is 0.575. The molecule has 0 aliphatic carbocycles. The molecule has 1 aromatic heterocycles. The van der Waals surface area contributed by atoms with E-state index in [4.69, 9.17) is 11.6 Å². The molecule has 0 unspecified atom stereocenters. The highest BCUT2D eigenvalue weighted by Gasteiger charge is 2.06. The van der Waals surface area contributed by atoms with E-state index in [2.05, 4.69) is 29.1 Å². The molecule has 0 fully saturated rings. The zero-order chi connectivity index (χ0) is 13.1. The van der Waals surface area contributed by atoms with Gasteiger partial charge in [0.15, 0.2) is 0 Å². The Morgan fingerprint density at radius 2 is 2.22 bits per heavy atom.